The van der Waals surface area contributed by atoms with Gasteiger partial charge in [0.25, 0.3) is 0 Å². The fourth-order valence-electron chi connectivity index (χ4n) is 2.55. The highest BCUT2D eigenvalue weighted by atomic mass is 35.5. The molecule has 120 valence electrons. The summed E-state index contributed by atoms with van der Waals surface area (Å²) in [5, 5.41) is 6.60. The Morgan fingerprint density at radius 1 is 1.36 bits per heavy atom. The van der Waals surface area contributed by atoms with Crippen molar-refractivity contribution in [3.05, 3.63) is 34.9 Å². The van der Waals surface area contributed by atoms with Crippen molar-refractivity contribution in [3.63, 3.8) is 0 Å². The van der Waals surface area contributed by atoms with Crippen molar-refractivity contribution in [1.29, 1.82) is 0 Å². The number of hydrogen-bond donors (Lipinski definition) is 2. The monoisotopic (exact) mass is 322 g/mol. The number of nitrogens with one attached hydrogen (secondary N) is 2. The molecule has 0 saturated carbocycles. The summed E-state index contributed by atoms with van der Waals surface area (Å²) in [4.78, 5) is 11.9. The molecule has 0 heterocycles. The van der Waals surface area contributed by atoms with Crippen LogP contribution in [-0.2, 0) is 4.79 Å². The van der Waals surface area contributed by atoms with E-state index in [9.17, 15) is 4.79 Å². The molecule has 0 fully saturated rings. The SMILES string of the molecule is COc1ccc(Cl)cc1NCC(=O)NCCC1=CCCCC1. The Morgan fingerprint density at radius 3 is 2.95 bits per heavy atom. The highest BCUT2D eigenvalue weighted by molar-refractivity contribution is 6.30. The van der Waals surface area contributed by atoms with Crippen LogP contribution in [-0.4, -0.2) is 26.1 Å². The van der Waals surface area contributed by atoms with Crippen molar-refractivity contribution in [2.45, 2.75) is 32.1 Å². The molecule has 1 amide bonds. The number of halogens is 1. The summed E-state index contributed by atoms with van der Waals surface area (Å²) in [5.41, 5.74) is 2.19. The Labute approximate surface area is 136 Å². The molecule has 0 bridgehead atoms. The maximum absolute atomic E-state index is 11.9. The molecule has 0 aromatic heterocycles. The summed E-state index contributed by atoms with van der Waals surface area (Å²) in [7, 11) is 1.59. The van der Waals surface area contributed by atoms with E-state index >= 15 is 0 Å². The largest absolute Gasteiger partial charge is 0.495 e. The van der Waals surface area contributed by atoms with Gasteiger partial charge in [0.2, 0.25) is 5.91 Å². The third kappa shape index (κ3) is 5.26. The lowest BCUT2D eigenvalue weighted by Gasteiger charge is -2.14. The first-order chi connectivity index (χ1) is 10.7. The molecule has 2 rings (SSSR count). The van der Waals surface area contributed by atoms with Crippen molar-refractivity contribution < 1.29 is 9.53 Å². The lowest BCUT2D eigenvalue weighted by molar-refractivity contribution is -0.119. The molecule has 1 aliphatic rings. The van der Waals surface area contributed by atoms with Gasteiger partial charge in [-0.2, -0.15) is 0 Å². The van der Waals surface area contributed by atoms with Crippen LogP contribution in [0.3, 0.4) is 0 Å². The van der Waals surface area contributed by atoms with Gasteiger partial charge in [0.05, 0.1) is 19.3 Å². The van der Waals surface area contributed by atoms with Crippen molar-refractivity contribution in [1.82, 2.24) is 5.32 Å². The van der Waals surface area contributed by atoms with Crippen LogP contribution in [0.5, 0.6) is 5.75 Å². The molecular weight excluding hydrogens is 300 g/mol. The maximum Gasteiger partial charge on any atom is 0.239 e. The Bertz CT molecular complexity index is 543. The molecule has 1 aromatic rings. The Balaban J connectivity index is 1.73. The van der Waals surface area contributed by atoms with E-state index < -0.39 is 0 Å². The first kappa shape index (κ1) is 16.7. The summed E-state index contributed by atoms with van der Waals surface area (Å²) in [6, 6.07) is 5.28. The van der Waals surface area contributed by atoms with Gasteiger partial charge in [0.15, 0.2) is 0 Å². The molecule has 0 unspecified atom stereocenters. The molecule has 4 nitrogen and oxygen atoms in total. The number of anilines is 1. The Hall–Kier alpha value is -1.68. The molecule has 0 spiro atoms. The van der Waals surface area contributed by atoms with Gasteiger partial charge in [0, 0.05) is 11.6 Å². The molecule has 0 atom stereocenters. The number of benzene rings is 1. The first-order valence-corrected chi connectivity index (χ1v) is 8.09. The van der Waals surface area contributed by atoms with E-state index in [-0.39, 0.29) is 12.5 Å². The highest BCUT2D eigenvalue weighted by Gasteiger charge is 2.07. The number of methoxy groups -OCH3 is 1. The van der Waals surface area contributed by atoms with Gasteiger partial charge >= 0.3 is 0 Å². The average molecular weight is 323 g/mol. The van der Waals surface area contributed by atoms with Gasteiger partial charge in [-0.05, 0) is 50.3 Å². The van der Waals surface area contributed by atoms with Crippen LogP contribution < -0.4 is 15.4 Å². The standard InChI is InChI=1S/C17H23ClN2O2/c1-22-16-8-7-14(18)11-15(16)20-12-17(21)19-10-9-13-5-3-2-4-6-13/h5,7-8,11,20H,2-4,6,9-10,12H2,1H3,(H,19,21). The van der Waals surface area contributed by atoms with Gasteiger partial charge in [-0.1, -0.05) is 23.3 Å². The van der Waals surface area contributed by atoms with E-state index in [1.807, 2.05) is 0 Å². The van der Waals surface area contributed by atoms with E-state index in [1.165, 1.54) is 31.3 Å². The zero-order chi connectivity index (χ0) is 15.8. The van der Waals surface area contributed by atoms with Gasteiger partial charge in [-0.25, -0.2) is 0 Å². The average Bonchev–Trinajstić information content (AvgIpc) is 2.54. The summed E-state index contributed by atoms with van der Waals surface area (Å²) < 4.78 is 5.23. The molecule has 1 aliphatic carbocycles. The van der Waals surface area contributed by atoms with Crippen LogP contribution in [0, 0.1) is 0 Å². The van der Waals surface area contributed by atoms with Gasteiger partial charge in [-0.15, -0.1) is 0 Å². The van der Waals surface area contributed by atoms with Crippen LogP contribution in [0.1, 0.15) is 32.1 Å². The van der Waals surface area contributed by atoms with Gasteiger partial charge in [0.1, 0.15) is 5.75 Å². The van der Waals surface area contributed by atoms with E-state index in [2.05, 4.69) is 16.7 Å². The van der Waals surface area contributed by atoms with Crippen LogP contribution in [0.15, 0.2) is 29.8 Å². The van der Waals surface area contributed by atoms with Crippen LogP contribution >= 0.6 is 11.6 Å². The van der Waals surface area contributed by atoms with E-state index in [0.717, 1.165) is 12.1 Å². The minimum atomic E-state index is -0.0292. The number of allylic oxidation sites excluding steroid dienone is 1. The summed E-state index contributed by atoms with van der Waals surface area (Å²) in [6.45, 7) is 0.898. The quantitative estimate of drug-likeness (QED) is 0.751. The molecule has 22 heavy (non-hydrogen) atoms. The molecule has 1 aromatic carbocycles. The van der Waals surface area contributed by atoms with Crippen LogP contribution in [0.4, 0.5) is 5.69 Å². The minimum Gasteiger partial charge on any atom is -0.495 e. The molecule has 0 saturated heterocycles. The smallest absolute Gasteiger partial charge is 0.239 e. The molecular formula is C17H23ClN2O2. The zero-order valence-corrected chi connectivity index (χ0v) is 13.7. The molecule has 2 N–H and O–H groups in total. The molecule has 5 heteroatoms. The van der Waals surface area contributed by atoms with Crippen molar-refractivity contribution in [2.75, 3.05) is 25.5 Å². The summed E-state index contributed by atoms with van der Waals surface area (Å²) in [6.07, 6.45) is 8.18. The minimum absolute atomic E-state index is 0.0292. The van der Waals surface area contributed by atoms with E-state index in [4.69, 9.17) is 16.3 Å². The highest BCUT2D eigenvalue weighted by Crippen LogP contribution is 2.27. The third-order valence-electron chi connectivity index (χ3n) is 3.75. The first-order valence-electron chi connectivity index (χ1n) is 7.71. The lowest BCUT2D eigenvalue weighted by Crippen LogP contribution is -2.30. The van der Waals surface area contributed by atoms with Crippen LogP contribution in [0.25, 0.3) is 0 Å². The number of rotatable bonds is 7. The van der Waals surface area contributed by atoms with E-state index in [1.54, 1.807) is 25.3 Å². The van der Waals surface area contributed by atoms with Crippen molar-refractivity contribution in [2.24, 2.45) is 0 Å². The maximum atomic E-state index is 11.9. The topological polar surface area (TPSA) is 50.4 Å². The zero-order valence-electron chi connectivity index (χ0n) is 13.0. The predicted octanol–water partition coefficient (Wildman–Crippen LogP) is 3.77. The Morgan fingerprint density at radius 2 is 2.23 bits per heavy atom. The summed E-state index contributed by atoms with van der Waals surface area (Å²) in [5.74, 6) is 0.642. The lowest BCUT2D eigenvalue weighted by atomic mass is 9.97. The fraction of sp³-hybridized carbons (Fsp3) is 0.471. The Kier molecular flexibility index (Phi) is 6.59. The second kappa shape index (κ2) is 8.69. The number of amides is 1. The number of carbonyl (C=O) groups excluding carboxylic acids is 1. The van der Waals surface area contributed by atoms with Crippen molar-refractivity contribution >= 4 is 23.2 Å². The fourth-order valence-corrected chi connectivity index (χ4v) is 2.72. The number of hydrogen-bond acceptors (Lipinski definition) is 3. The second-order valence-corrected chi connectivity index (χ2v) is 5.84. The predicted molar refractivity (Wildman–Crippen MR) is 90.7 cm³/mol. The van der Waals surface area contributed by atoms with Gasteiger partial charge < -0.3 is 15.4 Å². The van der Waals surface area contributed by atoms with Crippen LogP contribution in [0.2, 0.25) is 5.02 Å². The van der Waals surface area contributed by atoms with Crippen molar-refractivity contribution in [3.8, 4) is 5.75 Å². The molecule has 0 aliphatic heterocycles. The third-order valence-corrected chi connectivity index (χ3v) is 3.99. The second-order valence-electron chi connectivity index (χ2n) is 5.41. The number of carbonyl (C=O) groups is 1. The van der Waals surface area contributed by atoms with E-state index in [0.29, 0.717) is 17.3 Å². The number of ether oxygens (including phenoxy) is 1. The summed E-state index contributed by atoms with van der Waals surface area (Å²) >= 11 is 5.96. The normalized spacial score (nSPS) is 14.2. The molecule has 0 radical (unpaired) electrons. The van der Waals surface area contributed by atoms with Gasteiger partial charge in [-0.3, -0.25) is 4.79 Å².